The number of hydrogen-bond acceptors (Lipinski definition) is 5. The number of carbonyl (C=O) groups excluding carboxylic acids is 1. The van der Waals surface area contributed by atoms with E-state index in [0.717, 1.165) is 5.82 Å². The summed E-state index contributed by atoms with van der Waals surface area (Å²) in [6.07, 6.45) is 0.348. The molecule has 20 heavy (non-hydrogen) atoms. The second-order valence-electron chi connectivity index (χ2n) is 4.08. The highest BCUT2D eigenvalue weighted by Crippen LogP contribution is 2.23. The molecule has 0 saturated carbocycles. The van der Waals surface area contributed by atoms with Crippen LogP contribution in [-0.4, -0.2) is 26.8 Å². The predicted molar refractivity (Wildman–Crippen MR) is 81.0 cm³/mol. The SMILES string of the molecule is Cc1nc(SCCC(=O)Nc2ccc(Cl)cc2N)n[nH]1. The van der Waals surface area contributed by atoms with Gasteiger partial charge >= 0.3 is 0 Å². The van der Waals surface area contributed by atoms with Crippen molar-refractivity contribution in [2.75, 3.05) is 16.8 Å². The molecule has 0 fully saturated rings. The van der Waals surface area contributed by atoms with Gasteiger partial charge in [-0.2, -0.15) is 0 Å². The fourth-order valence-electron chi connectivity index (χ4n) is 1.48. The number of aryl methyl sites for hydroxylation is 1. The molecule has 0 spiro atoms. The number of amides is 1. The van der Waals surface area contributed by atoms with Gasteiger partial charge in [0.1, 0.15) is 5.82 Å². The van der Waals surface area contributed by atoms with E-state index in [4.69, 9.17) is 17.3 Å². The Balaban J connectivity index is 1.80. The Labute approximate surface area is 125 Å². The maximum Gasteiger partial charge on any atom is 0.225 e. The first-order valence-electron chi connectivity index (χ1n) is 5.91. The third-order valence-corrected chi connectivity index (χ3v) is 3.51. The number of halogens is 1. The Kier molecular flexibility index (Phi) is 4.86. The number of nitrogens with two attached hydrogens (primary N) is 1. The second-order valence-corrected chi connectivity index (χ2v) is 5.58. The minimum absolute atomic E-state index is 0.112. The van der Waals surface area contributed by atoms with Crippen molar-refractivity contribution in [2.45, 2.75) is 18.5 Å². The Morgan fingerprint density at radius 2 is 2.35 bits per heavy atom. The standard InChI is InChI=1S/C12H14ClN5OS/c1-7-15-12(18-17-7)20-5-4-11(19)16-10-3-2-8(13)6-9(10)14/h2-3,6H,4-5,14H2,1H3,(H,16,19)(H,15,17,18). The Morgan fingerprint density at radius 1 is 1.55 bits per heavy atom. The van der Waals surface area contributed by atoms with E-state index in [1.807, 2.05) is 6.92 Å². The van der Waals surface area contributed by atoms with Gasteiger partial charge in [-0.3, -0.25) is 9.89 Å². The summed E-state index contributed by atoms with van der Waals surface area (Å²) in [7, 11) is 0. The Morgan fingerprint density at radius 3 is 3.00 bits per heavy atom. The Bertz CT molecular complexity index is 616. The highest BCUT2D eigenvalue weighted by Gasteiger charge is 2.07. The van der Waals surface area contributed by atoms with E-state index in [2.05, 4.69) is 20.5 Å². The largest absolute Gasteiger partial charge is 0.397 e. The topological polar surface area (TPSA) is 96.7 Å². The molecule has 1 aromatic carbocycles. The number of rotatable bonds is 5. The fraction of sp³-hybridized carbons (Fsp3) is 0.250. The molecule has 0 unspecified atom stereocenters. The average Bonchev–Trinajstić information content (AvgIpc) is 2.79. The van der Waals surface area contributed by atoms with E-state index in [-0.39, 0.29) is 5.91 Å². The number of aromatic nitrogens is 3. The zero-order valence-electron chi connectivity index (χ0n) is 10.8. The first-order valence-corrected chi connectivity index (χ1v) is 7.27. The first kappa shape index (κ1) is 14.7. The zero-order valence-corrected chi connectivity index (χ0v) is 12.4. The zero-order chi connectivity index (χ0) is 14.5. The van der Waals surface area contributed by atoms with Crippen LogP contribution in [0.25, 0.3) is 0 Å². The molecule has 1 aromatic heterocycles. The third kappa shape index (κ3) is 4.14. The number of aromatic amines is 1. The van der Waals surface area contributed by atoms with Crippen molar-refractivity contribution >= 4 is 40.6 Å². The van der Waals surface area contributed by atoms with Crippen molar-refractivity contribution in [3.63, 3.8) is 0 Å². The van der Waals surface area contributed by atoms with Crippen LogP contribution in [-0.2, 0) is 4.79 Å². The summed E-state index contributed by atoms with van der Waals surface area (Å²) in [5, 5.41) is 10.7. The number of thioether (sulfide) groups is 1. The predicted octanol–water partition coefficient (Wildman–Crippen LogP) is 2.47. The molecule has 1 heterocycles. The van der Waals surface area contributed by atoms with Crippen LogP contribution in [0.1, 0.15) is 12.2 Å². The normalized spacial score (nSPS) is 10.5. The summed E-state index contributed by atoms with van der Waals surface area (Å²) >= 11 is 7.21. The molecule has 8 heteroatoms. The monoisotopic (exact) mass is 311 g/mol. The van der Waals surface area contributed by atoms with Gasteiger partial charge in [0.15, 0.2) is 0 Å². The van der Waals surface area contributed by atoms with Crippen LogP contribution in [0.3, 0.4) is 0 Å². The molecule has 0 aliphatic carbocycles. The molecule has 0 atom stereocenters. The number of hydrogen-bond donors (Lipinski definition) is 3. The van der Waals surface area contributed by atoms with Crippen molar-refractivity contribution in [1.29, 1.82) is 0 Å². The number of benzene rings is 1. The molecular formula is C12H14ClN5OS. The number of anilines is 2. The van der Waals surface area contributed by atoms with E-state index in [0.29, 0.717) is 33.7 Å². The molecule has 2 aromatic rings. The number of H-pyrrole nitrogens is 1. The van der Waals surface area contributed by atoms with Gasteiger partial charge in [-0.15, -0.1) is 5.10 Å². The number of carbonyl (C=O) groups is 1. The molecule has 106 valence electrons. The molecule has 0 radical (unpaired) electrons. The van der Waals surface area contributed by atoms with Crippen LogP contribution >= 0.6 is 23.4 Å². The molecule has 0 bridgehead atoms. The van der Waals surface area contributed by atoms with E-state index in [9.17, 15) is 4.79 Å². The van der Waals surface area contributed by atoms with Crippen molar-refractivity contribution in [3.05, 3.63) is 29.0 Å². The highest BCUT2D eigenvalue weighted by molar-refractivity contribution is 7.99. The molecule has 2 rings (SSSR count). The maximum absolute atomic E-state index is 11.8. The molecule has 0 aliphatic heterocycles. The Hall–Kier alpha value is -1.73. The van der Waals surface area contributed by atoms with Crippen molar-refractivity contribution in [1.82, 2.24) is 15.2 Å². The van der Waals surface area contributed by atoms with E-state index < -0.39 is 0 Å². The summed E-state index contributed by atoms with van der Waals surface area (Å²) in [5.74, 6) is 1.24. The molecule has 4 N–H and O–H groups in total. The van der Waals surface area contributed by atoms with Gasteiger partial charge in [-0.05, 0) is 25.1 Å². The first-order chi connectivity index (χ1) is 9.54. The highest BCUT2D eigenvalue weighted by atomic mass is 35.5. The van der Waals surface area contributed by atoms with Gasteiger partial charge in [-0.1, -0.05) is 23.4 Å². The lowest BCUT2D eigenvalue weighted by Crippen LogP contribution is -2.13. The summed E-state index contributed by atoms with van der Waals surface area (Å²) in [4.78, 5) is 15.9. The molecule has 0 aliphatic rings. The lowest BCUT2D eigenvalue weighted by Gasteiger charge is -2.07. The van der Waals surface area contributed by atoms with E-state index in [1.54, 1.807) is 18.2 Å². The molecule has 1 amide bonds. The summed E-state index contributed by atoms with van der Waals surface area (Å²) < 4.78 is 0. The van der Waals surface area contributed by atoms with Crippen LogP contribution in [0.15, 0.2) is 23.4 Å². The van der Waals surface area contributed by atoms with Crippen molar-refractivity contribution in [2.24, 2.45) is 0 Å². The lowest BCUT2D eigenvalue weighted by atomic mass is 10.2. The van der Waals surface area contributed by atoms with E-state index in [1.165, 1.54) is 11.8 Å². The number of nitrogen functional groups attached to an aromatic ring is 1. The minimum atomic E-state index is -0.112. The number of nitrogens with zero attached hydrogens (tertiary/aromatic N) is 2. The summed E-state index contributed by atoms with van der Waals surface area (Å²) in [6.45, 7) is 1.83. The summed E-state index contributed by atoms with van der Waals surface area (Å²) in [5.41, 5.74) is 6.78. The van der Waals surface area contributed by atoms with Crippen LogP contribution in [0, 0.1) is 6.92 Å². The van der Waals surface area contributed by atoms with Gasteiger partial charge in [0.05, 0.1) is 11.4 Å². The second kappa shape index (κ2) is 6.62. The lowest BCUT2D eigenvalue weighted by molar-refractivity contribution is -0.115. The van der Waals surface area contributed by atoms with Crippen molar-refractivity contribution < 1.29 is 4.79 Å². The number of nitrogens with one attached hydrogen (secondary N) is 2. The maximum atomic E-state index is 11.8. The third-order valence-electron chi connectivity index (χ3n) is 2.42. The smallest absolute Gasteiger partial charge is 0.225 e. The minimum Gasteiger partial charge on any atom is -0.397 e. The quantitative estimate of drug-likeness (QED) is 0.582. The average molecular weight is 312 g/mol. The van der Waals surface area contributed by atoms with E-state index >= 15 is 0 Å². The van der Waals surface area contributed by atoms with Gasteiger partial charge in [-0.25, -0.2) is 4.98 Å². The fourth-order valence-corrected chi connectivity index (χ4v) is 2.44. The van der Waals surface area contributed by atoms with Gasteiger partial charge < -0.3 is 11.1 Å². The molecular weight excluding hydrogens is 298 g/mol. The van der Waals surface area contributed by atoms with Crippen LogP contribution in [0.2, 0.25) is 5.02 Å². The van der Waals surface area contributed by atoms with Gasteiger partial charge in [0.25, 0.3) is 0 Å². The van der Waals surface area contributed by atoms with Crippen LogP contribution < -0.4 is 11.1 Å². The molecule has 0 saturated heterocycles. The van der Waals surface area contributed by atoms with Gasteiger partial charge in [0, 0.05) is 17.2 Å². The van der Waals surface area contributed by atoms with Crippen LogP contribution in [0.5, 0.6) is 0 Å². The summed E-state index contributed by atoms with van der Waals surface area (Å²) in [6, 6.07) is 4.96. The van der Waals surface area contributed by atoms with Gasteiger partial charge in [0.2, 0.25) is 11.1 Å². The van der Waals surface area contributed by atoms with Crippen molar-refractivity contribution in [3.8, 4) is 0 Å². The van der Waals surface area contributed by atoms with Crippen LogP contribution in [0.4, 0.5) is 11.4 Å². The molecule has 6 nitrogen and oxygen atoms in total.